The standard InChI is InChI=1S/C11H17FN4/c1-8-10(12)11(15-7-14-8)16-4-2-9(6-13)3-5-16/h7,9H,2-6,13H2,1H3. The van der Waals surface area contributed by atoms with Gasteiger partial charge in [0.05, 0.1) is 5.69 Å². The highest BCUT2D eigenvalue weighted by Crippen LogP contribution is 2.23. The van der Waals surface area contributed by atoms with Crippen molar-refractivity contribution in [1.82, 2.24) is 9.97 Å². The molecule has 0 radical (unpaired) electrons. The number of nitrogens with two attached hydrogens (primary N) is 1. The molecule has 88 valence electrons. The van der Waals surface area contributed by atoms with E-state index in [-0.39, 0.29) is 5.82 Å². The Hall–Kier alpha value is -1.23. The summed E-state index contributed by atoms with van der Waals surface area (Å²) in [6.45, 7) is 4.04. The number of halogens is 1. The maximum absolute atomic E-state index is 13.8. The van der Waals surface area contributed by atoms with Gasteiger partial charge in [0.2, 0.25) is 0 Å². The molecule has 1 fully saturated rings. The zero-order valence-corrected chi connectivity index (χ0v) is 9.49. The quantitative estimate of drug-likeness (QED) is 0.817. The second-order valence-corrected chi connectivity index (χ2v) is 4.26. The second-order valence-electron chi connectivity index (χ2n) is 4.26. The van der Waals surface area contributed by atoms with Crippen molar-refractivity contribution >= 4 is 5.82 Å². The number of hydrogen-bond donors (Lipinski definition) is 1. The molecule has 2 rings (SSSR count). The summed E-state index contributed by atoms with van der Waals surface area (Å²) in [7, 11) is 0. The SMILES string of the molecule is Cc1ncnc(N2CCC(CN)CC2)c1F. The lowest BCUT2D eigenvalue weighted by Gasteiger charge is -2.32. The summed E-state index contributed by atoms with van der Waals surface area (Å²) in [4.78, 5) is 9.84. The average molecular weight is 224 g/mol. The predicted molar refractivity (Wildman–Crippen MR) is 60.7 cm³/mol. The Morgan fingerprint density at radius 2 is 2.12 bits per heavy atom. The summed E-state index contributed by atoms with van der Waals surface area (Å²) in [6.07, 6.45) is 3.45. The predicted octanol–water partition coefficient (Wildman–Crippen LogP) is 1.10. The lowest BCUT2D eigenvalue weighted by atomic mass is 9.97. The lowest BCUT2D eigenvalue weighted by Crippen LogP contribution is -2.37. The zero-order valence-electron chi connectivity index (χ0n) is 9.49. The first-order valence-electron chi connectivity index (χ1n) is 5.64. The Morgan fingerprint density at radius 1 is 1.44 bits per heavy atom. The first-order chi connectivity index (χ1) is 7.72. The molecule has 0 aromatic carbocycles. The molecule has 1 aliphatic heterocycles. The fraction of sp³-hybridized carbons (Fsp3) is 0.636. The van der Waals surface area contributed by atoms with Gasteiger partial charge in [-0.15, -0.1) is 0 Å². The largest absolute Gasteiger partial charge is 0.354 e. The van der Waals surface area contributed by atoms with Crippen LogP contribution in [0.25, 0.3) is 0 Å². The first-order valence-corrected chi connectivity index (χ1v) is 5.64. The van der Waals surface area contributed by atoms with Gasteiger partial charge in [0.1, 0.15) is 6.33 Å². The van der Waals surface area contributed by atoms with Gasteiger partial charge in [-0.3, -0.25) is 0 Å². The second kappa shape index (κ2) is 4.74. The zero-order chi connectivity index (χ0) is 11.5. The van der Waals surface area contributed by atoms with E-state index in [1.165, 1.54) is 6.33 Å². The highest BCUT2D eigenvalue weighted by Gasteiger charge is 2.22. The number of aromatic nitrogens is 2. The van der Waals surface area contributed by atoms with Crippen LogP contribution < -0.4 is 10.6 Å². The van der Waals surface area contributed by atoms with E-state index in [0.29, 0.717) is 17.4 Å². The number of aryl methyl sites for hydroxylation is 1. The monoisotopic (exact) mass is 224 g/mol. The van der Waals surface area contributed by atoms with E-state index in [1.54, 1.807) is 6.92 Å². The molecule has 1 aliphatic rings. The van der Waals surface area contributed by atoms with Crippen molar-refractivity contribution in [2.45, 2.75) is 19.8 Å². The maximum Gasteiger partial charge on any atom is 0.186 e. The maximum atomic E-state index is 13.8. The van der Waals surface area contributed by atoms with E-state index in [1.807, 2.05) is 4.90 Å². The minimum Gasteiger partial charge on any atom is -0.354 e. The minimum absolute atomic E-state index is 0.298. The van der Waals surface area contributed by atoms with E-state index in [0.717, 1.165) is 32.5 Å². The van der Waals surface area contributed by atoms with Crippen molar-refractivity contribution in [3.05, 3.63) is 17.8 Å². The third-order valence-corrected chi connectivity index (χ3v) is 3.19. The van der Waals surface area contributed by atoms with Gasteiger partial charge in [-0.05, 0) is 32.2 Å². The molecule has 16 heavy (non-hydrogen) atoms. The highest BCUT2D eigenvalue weighted by atomic mass is 19.1. The number of piperidine rings is 1. The van der Waals surface area contributed by atoms with Crippen molar-refractivity contribution in [3.63, 3.8) is 0 Å². The summed E-state index contributed by atoms with van der Waals surface area (Å²) in [5, 5.41) is 0. The van der Waals surface area contributed by atoms with E-state index < -0.39 is 0 Å². The molecule has 2 N–H and O–H groups in total. The molecule has 1 aromatic heterocycles. The van der Waals surface area contributed by atoms with E-state index in [9.17, 15) is 4.39 Å². The molecule has 0 unspecified atom stereocenters. The summed E-state index contributed by atoms with van der Waals surface area (Å²) in [5.41, 5.74) is 6.03. The minimum atomic E-state index is -0.298. The fourth-order valence-electron chi connectivity index (χ4n) is 2.05. The van der Waals surface area contributed by atoms with Crippen molar-refractivity contribution in [3.8, 4) is 0 Å². The van der Waals surface area contributed by atoms with Crippen LogP contribution in [0, 0.1) is 18.7 Å². The van der Waals surface area contributed by atoms with Gasteiger partial charge >= 0.3 is 0 Å². The van der Waals surface area contributed by atoms with Gasteiger partial charge in [-0.1, -0.05) is 0 Å². The van der Waals surface area contributed by atoms with E-state index in [2.05, 4.69) is 9.97 Å². The molecule has 1 aromatic rings. The van der Waals surface area contributed by atoms with Crippen LogP contribution in [-0.2, 0) is 0 Å². The highest BCUT2D eigenvalue weighted by molar-refractivity contribution is 5.41. The van der Waals surface area contributed by atoms with Crippen molar-refractivity contribution in [1.29, 1.82) is 0 Å². The third kappa shape index (κ3) is 2.14. The first kappa shape index (κ1) is 11.3. The molecule has 2 heterocycles. The molecule has 5 heteroatoms. The molecule has 0 amide bonds. The lowest BCUT2D eigenvalue weighted by molar-refractivity contribution is 0.409. The molecular weight excluding hydrogens is 207 g/mol. The Morgan fingerprint density at radius 3 is 2.75 bits per heavy atom. The third-order valence-electron chi connectivity index (χ3n) is 3.19. The van der Waals surface area contributed by atoms with E-state index >= 15 is 0 Å². The molecule has 1 saturated heterocycles. The summed E-state index contributed by atoms with van der Waals surface area (Å²) in [6, 6.07) is 0. The number of rotatable bonds is 2. The number of nitrogens with zero attached hydrogens (tertiary/aromatic N) is 3. The Kier molecular flexibility index (Phi) is 3.33. The van der Waals surface area contributed by atoms with Gasteiger partial charge in [0.15, 0.2) is 11.6 Å². The summed E-state index contributed by atoms with van der Waals surface area (Å²) < 4.78 is 13.8. The average Bonchev–Trinajstić information content (AvgIpc) is 2.33. The van der Waals surface area contributed by atoms with Crippen LogP contribution in [-0.4, -0.2) is 29.6 Å². The normalized spacial score (nSPS) is 17.8. The molecule has 0 bridgehead atoms. The topological polar surface area (TPSA) is 55.0 Å². The van der Waals surface area contributed by atoms with Crippen LogP contribution in [0.1, 0.15) is 18.5 Å². The molecule has 4 nitrogen and oxygen atoms in total. The molecule has 0 aliphatic carbocycles. The molecular formula is C11H17FN4. The van der Waals surface area contributed by atoms with Crippen LogP contribution in [0.4, 0.5) is 10.2 Å². The molecule has 0 spiro atoms. The van der Waals surface area contributed by atoms with E-state index in [4.69, 9.17) is 5.73 Å². The Balaban J connectivity index is 2.11. The van der Waals surface area contributed by atoms with Crippen LogP contribution in [0.5, 0.6) is 0 Å². The van der Waals surface area contributed by atoms with Crippen LogP contribution in [0.3, 0.4) is 0 Å². The van der Waals surface area contributed by atoms with Crippen molar-refractivity contribution in [2.24, 2.45) is 11.7 Å². The van der Waals surface area contributed by atoms with Crippen LogP contribution in [0.15, 0.2) is 6.33 Å². The van der Waals surface area contributed by atoms with Gasteiger partial charge < -0.3 is 10.6 Å². The molecule has 0 saturated carbocycles. The van der Waals surface area contributed by atoms with Gasteiger partial charge in [0.25, 0.3) is 0 Å². The van der Waals surface area contributed by atoms with Crippen LogP contribution >= 0.6 is 0 Å². The Labute approximate surface area is 94.7 Å². The Bertz CT molecular complexity index is 361. The van der Waals surface area contributed by atoms with Crippen molar-refractivity contribution < 1.29 is 4.39 Å². The number of anilines is 1. The number of hydrogen-bond acceptors (Lipinski definition) is 4. The van der Waals surface area contributed by atoms with Gasteiger partial charge in [0, 0.05) is 13.1 Å². The fourth-order valence-corrected chi connectivity index (χ4v) is 2.05. The van der Waals surface area contributed by atoms with Crippen LogP contribution in [0.2, 0.25) is 0 Å². The smallest absolute Gasteiger partial charge is 0.186 e. The summed E-state index contributed by atoms with van der Waals surface area (Å²) >= 11 is 0. The van der Waals surface area contributed by atoms with Crippen molar-refractivity contribution in [2.75, 3.05) is 24.5 Å². The molecule has 0 atom stereocenters. The van der Waals surface area contributed by atoms with Gasteiger partial charge in [-0.2, -0.15) is 0 Å². The summed E-state index contributed by atoms with van der Waals surface area (Å²) in [5.74, 6) is 0.707. The van der Waals surface area contributed by atoms with Gasteiger partial charge in [-0.25, -0.2) is 14.4 Å².